The van der Waals surface area contributed by atoms with Gasteiger partial charge in [0, 0.05) is 19.2 Å². The van der Waals surface area contributed by atoms with E-state index < -0.39 is 0 Å². The van der Waals surface area contributed by atoms with Gasteiger partial charge in [0.05, 0.1) is 6.42 Å². The van der Waals surface area contributed by atoms with Crippen LogP contribution < -0.4 is 0 Å². The van der Waals surface area contributed by atoms with E-state index in [1.54, 1.807) is 30.1 Å². The van der Waals surface area contributed by atoms with Gasteiger partial charge in [-0.2, -0.15) is 0 Å². The molecule has 0 aliphatic carbocycles. The highest BCUT2D eigenvalue weighted by Crippen LogP contribution is 2.16. The molecule has 0 heterocycles. The summed E-state index contributed by atoms with van der Waals surface area (Å²) >= 11 is 0. The van der Waals surface area contributed by atoms with Gasteiger partial charge in [-0.15, -0.1) is 0 Å². The summed E-state index contributed by atoms with van der Waals surface area (Å²) < 4.78 is 0. The van der Waals surface area contributed by atoms with E-state index in [0.717, 1.165) is 19.5 Å². The van der Waals surface area contributed by atoms with Crippen LogP contribution in [0.15, 0.2) is 24.3 Å². The Hall–Kier alpha value is -1.55. The number of carbonyl (C=O) groups is 1. The number of hydrogen-bond donors (Lipinski definition) is 1. The summed E-state index contributed by atoms with van der Waals surface area (Å²) in [4.78, 5) is 15.8. The van der Waals surface area contributed by atoms with Crippen LogP contribution in [0.3, 0.4) is 0 Å². The Morgan fingerprint density at radius 2 is 1.83 bits per heavy atom. The second kappa shape index (κ2) is 7.01. The fourth-order valence-corrected chi connectivity index (χ4v) is 1.71. The Balaban J connectivity index is 2.43. The van der Waals surface area contributed by atoms with Crippen LogP contribution in [-0.4, -0.2) is 55.0 Å². The van der Waals surface area contributed by atoms with E-state index in [-0.39, 0.29) is 18.1 Å². The first-order valence-corrected chi connectivity index (χ1v) is 6.16. The Labute approximate surface area is 109 Å². The van der Waals surface area contributed by atoms with Gasteiger partial charge < -0.3 is 14.9 Å². The van der Waals surface area contributed by atoms with E-state index in [1.807, 2.05) is 20.2 Å². The Morgan fingerprint density at radius 1 is 1.17 bits per heavy atom. The standard InChI is InChI=1S/C14H22N2O2/c1-15(2)9-6-10-16(3)14(18)11-12-7-4-5-8-13(12)17/h4-5,7-8,17H,6,9-11H2,1-3H3. The summed E-state index contributed by atoms with van der Waals surface area (Å²) in [5, 5.41) is 9.61. The average Bonchev–Trinajstić information content (AvgIpc) is 2.31. The number of benzene rings is 1. The fourth-order valence-electron chi connectivity index (χ4n) is 1.71. The van der Waals surface area contributed by atoms with Gasteiger partial charge in [-0.1, -0.05) is 18.2 Å². The van der Waals surface area contributed by atoms with Crippen LogP contribution in [-0.2, 0) is 11.2 Å². The number of phenolic OH excluding ortho intramolecular Hbond substituents is 1. The molecule has 1 aromatic rings. The molecule has 1 rings (SSSR count). The zero-order chi connectivity index (χ0) is 13.5. The minimum Gasteiger partial charge on any atom is -0.508 e. The molecule has 0 radical (unpaired) electrons. The van der Waals surface area contributed by atoms with Gasteiger partial charge in [-0.05, 0) is 33.1 Å². The molecule has 0 saturated carbocycles. The van der Waals surface area contributed by atoms with Crippen LogP contribution in [0.5, 0.6) is 5.75 Å². The maximum Gasteiger partial charge on any atom is 0.226 e. The van der Waals surface area contributed by atoms with Crippen LogP contribution >= 0.6 is 0 Å². The number of amides is 1. The Kier molecular flexibility index (Phi) is 5.65. The minimum atomic E-state index is 0.0373. The van der Waals surface area contributed by atoms with E-state index in [0.29, 0.717) is 5.56 Å². The predicted octanol–water partition coefficient (Wildman–Crippen LogP) is 1.34. The summed E-state index contributed by atoms with van der Waals surface area (Å²) in [5.41, 5.74) is 0.682. The predicted molar refractivity (Wildman–Crippen MR) is 72.6 cm³/mol. The van der Waals surface area contributed by atoms with Crippen molar-refractivity contribution in [1.29, 1.82) is 0 Å². The van der Waals surface area contributed by atoms with Gasteiger partial charge in [0.25, 0.3) is 0 Å². The highest BCUT2D eigenvalue weighted by molar-refractivity contribution is 5.79. The van der Waals surface area contributed by atoms with Crippen molar-refractivity contribution in [1.82, 2.24) is 9.80 Å². The largest absolute Gasteiger partial charge is 0.508 e. The molecule has 4 nitrogen and oxygen atoms in total. The van der Waals surface area contributed by atoms with Crippen molar-refractivity contribution in [3.63, 3.8) is 0 Å². The molecule has 0 bridgehead atoms. The van der Waals surface area contributed by atoms with Crippen molar-refractivity contribution in [3.8, 4) is 5.75 Å². The number of hydrogen-bond acceptors (Lipinski definition) is 3. The second-order valence-corrected chi connectivity index (χ2v) is 4.78. The molecule has 4 heteroatoms. The molecule has 100 valence electrons. The van der Waals surface area contributed by atoms with Crippen LogP contribution in [0.25, 0.3) is 0 Å². The molecule has 0 aromatic heterocycles. The van der Waals surface area contributed by atoms with Gasteiger partial charge >= 0.3 is 0 Å². The van der Waals surface area contributed by atoms with Crippen LogP contribution in [0.4, 0.5) is 0 Å². The van der Waals surface area contributed by atoms with Crippen LogP contribution in [0, 0.1) is 0 Å². The highest BCUT2D eigenvalue weighted by atomic mass is 16.3. The molecule has 0 aliphatic heterocycles. The first-order chi connectivity index (χ1) is 8.50. The number of nitrogens with zero attached hydrogens (tertiary/aromatic N) is 2. The van der Waals surface area contributed by atoms with Gasteiger partial charge in [0.2, 0.25) is 5.91 Å². The van der Waals surface area contributed by atoms with Crippen molar-refractivity contribution < 1.29 is 9.90 Å². The van der Waals surface area contributed by atoms with Crippen molar-refractivity contribution >= 4 is 5.91 Å². The lowest BCUT2D eigenvalue weighted by molar-refractivity contribution is -0.129. The van der Waals surface area contributed by atoms with Gasteiger partial charge in [-0.25, -0.2) is 0 Å². The van der Waals surface area contributed by atoms with E-state index in [1.165, 1.54) is 0 Å². The molecular weight excluding hydrogens is 228 g/mol. The molecule has 0 saturated heterocycles. The van der Waals surface area contributed by atoms with Crippen LogP contribution in [0.1, 0.15) is 12.0 Å². The summed E-state index contributed by atoms with van der Waals surface area (Å²) in [5.74, 6) is 0.225. The first kappa shape index (κ1) is 14.5. The van der Waals surface area contributed by atoms with Gasteiger partial charge in [0.1, 0.15) is 5.75 Å². The van der Waals surface area contributed by atoms with E-state index >= 15 is 0 Å². The third-order valence-electron chi connectivity index (χ3n) is 2.86. The fraction of sp³-hybridized carbons (Fsp3) is 0.500. The zero-order valence-corrected chi connectivity index (χ0v) is 11.4. The summed E-state index contributed by atoms with van der Waals surface area (Å²) in [6.45, 7) is 1.71. The number of carbonyl (C=O) groups excluding carboxylic acids is 1. The van der Waals surface area contributed by atoms with Gasteiger partial charge in [-0.3, -0.25) is 4.79 Å². The number of aromatic hydroxyl groups is 1. The monoisotopic (exact) mass is 250 g/mol. The quantitative estimate of drug-likeness (QED) is 0.828. The van der Waals surface area contributed by atoms with Crippen molar-refractivity contribution in [3.05, 3.63) is 29.8 Å². The first-order valence-electron chi connectivity index (χ1n) is 6.16. The molecule has 0 unspecified atom stereocenters. The molecule has 0 spiro atoms. The number of rotatable bonds is 6. The molecule has 0 fully saturated rings. The van der Waals surface area contributed by atoms with Crippen molar-refractivity contribution in [2.24, 2.45) is 0 Å². The number of para-hydroxylation sites is 1. The van der Waals surface area contributed by atoms with E-state index in [9.17, 15) is 9.90 Å². The van der Waals surface area contributed by atoms with Crippen LogP contribution in [0.2, 0.25) is 0 Å². The minimum absolute atomic E-state index is 0.0373. The highest BCUT2D eigenvalue weighted by Gasteiger charge is 2.11. The SMILES string of the molecule is CN(C)CCCN(C)C(=O)Cc1ccccc1O. The topological polar surface area (TPSA) is 43.8 Å². The third-order valence-corrected chi connectivity index (χ3v) is 2.86. The maximum absolute atomic E-state index is 11.9. The normalized spacial score (nSPS) is 10.7. The molecular formula is C14H22N2O2. The summed E-state index contributed by atoms with van der Waals surface area (Å²) in [7, 11) is 5.84. The molecule has 1 amide bonds. The molecule has 1 N–H and O–H groups in total. The lowest BCUT2D eigenvalue weighted by atomic mass is 10.1. The average molecular weight is 250 g/mol. The number of likely N-dealkylation sites (N-methyl/N-ethyl adjacent to an activating group) is 1. The lowest BCUT2D eigenvalue weighted by Crippen LogP contribution is -2.30. The smallest absolute Gasteiger partial charge is 0.226 e. The Bertz CT molecular complexity index is 391. The molecule has 0 atom stereocenters. The molecule has 18 heavy (non-hydrogen) atoms. The Morgan fingerprint density at radius 3 is 2.44 bits per heavy atom. The third kappa shape index (κ3) is 4.75. The molecule has 0 aliphatic rings. The number of phenols is 1. The van der Waals surface area contributed by atoms with E-state index in [4.69, 9.17) is 0 Å². The van der Waals surface area contributed by atoms with Crippen molar-refractivity contribution in [2.45, 2.75) is 12.8 Å². The lowest BCUT2D eigenvalue weighted by Gasteiger charge is -2.18. The summed E-state index contributed by atoms with van der Waals surface area (Å²) in [6.07, 6.45) is 1.21. The molecule has 1 aromatic carbocycles. The van der Waals surface area contributed by atoms with Crippen molar-refractivity contribution in [2.75, 3.05) is 34.2 Å². The zero-order valence-electron chi connectivity index (χ0n) is 11.4. The maximum atomic E-state index is 11.9. The second-order valence-electron chi connectivity index (χ2n) is 4.78. The summed E-state index contributed by atoms with van der Waals surface area (Å²) in [6, 6.07) is 6.97. The van der Waals surface area contributed by atoms with E-state index in [2.05, 4.69) is 4.90 Å². The van der Waals surface area contributed by atoms with Gasteiger partial charge in [0.15, 0.2) is 0 Å².